The van der Waals surface area contributed by atoms with Gasteiger partial charge < -0.3 is 15.8 Å². The van der Waals surface area contributed by atoms with E-state index in [1.165, 1.54) is 7.11 Å². The van der Waals surface area contributed by atoms with Crippen LogP contribution in [0.4, 0.5) is 0 Å². The van der Waals surface area contributed by atoms with Crippen LogP contribution < -0.4 is 15.8 Å². The molecule has 3 rings (SSSR count). The predicted molar refractivity (Wildman–Crippen MR) is 122 cm³/mol. The van der Waals surface area contributed by atoms with Gasteiger partial charge in [0, 0.05) is 6.42 Å². The van der Waals surface area contributed by atoms with Gasteiger partial charge in [0.2, 0.25) is 11.8 Å². The molecule has 0 aromatic heterocycles. The number of amides is 2. The monoisotopic (exact) mass is 436 g/mol. The first-order chi connectivity index (χ1) is 14.9. The van der Waals surface area contributed by atoms with Crippen molar-refractivity contribution in [2.24, 2.45) is 5.73 Å². The van der Waals surface area contributed by atoms with Gasteiger partial charge in [-0.1, -0.05) is 78.3 Å². The summed E-state index contributed by atoms with van der Waals surface area (Å²) in [5, 5.41) is 3.29. The molecule has 5 nitrogen and oxygen atoms in total. The van der Waals surface area contributed by atoms with E-state index in [0.29, 0.717) is 10.8 Å². The van der Waals surface area contributed by atoms with Gasteiger partial charge in [0.25, 0.3) is 0 Å². The zero-order valence-corrected chi connectivity index (χ0v) is 18.2. The van der Waals surface area contributed by atoms with E-state index in [-0.39, 0.29) is 12.3 Å². The van der Waals surface area contributed by atoms with Crippen LogP contribution in [0.1, 0.15) is 23.6 Å². The minimum atomic E-state index is -1.01. The average molecular weight is 437 g/mol. The Morgan fingerprint density at radius 3 is 2.00 bits per heavy atom. The molecule has 0 aliphatic heterocycles. The first-order valence-electron chi connectivity index (χ1n) is 9.90. The number of benzene rings is 3. The Labute approximate surface area is 187 Å². The molecule has 1 atom stereocenters. The van der Waals surface area contributed by atoms with Crippen LogP contribution in [-0.4, -0.2) is 25.0 Å². The van der Waals surface area contributed by atoms with E-state index in [1.54, 1.807) is 18.2 Å². The first kappa shape index (κ1) is 22.4. The smallest absolute Gasteiger partial charge is 0.240 e. The third-order valence-electron chi connectivity index (χ3n) is 5.46. The van der Waals surface area contributed by atoms with Crippen LogP contribution in [0, 0.1) is 0 Å². The number of nitrogens with one attached hydrogen (secondary N) is 1. The molecule has 0 bridgehead atoms. The average Bonchev–Trinajstić information content (AvgIpc) is 2.79. The van der Waals surface area contributed by atoms with Gasteiger partial charge in [-0.2, -0.15) is 0 Å². The van der Waals surface area contributed by atoms with Crippen molar-refractivity contribution in [1.29, 1.82) is 0 Å². The van der Waals surface area contributed by atoms with Crippen molar-refractivity contribution >= 4 is 23.4 Å². The summed E-state index contributed by atoms with van der Waals surface area (Å²) in [7, 11) is 1.53. The van der Waals surface area contributed by atoms with Crippen molar-refractivity contribution in [1.82, 2.24) is 5.32 Å². The quantitative estimate of drug-likeness (QED) is 0.562. The lowest BCUT2D eigenvalue weighted by Gasteiger charge is -2.31. The van der Waals surface area contributed by atoms with Gasteiger partial charge in [-0.3, -0.25) is 9.59 Å². The third-order valence-corrected chi connectivity index (χ3v) is 5.76. The Hall–Kier alpha value is -3.31. The number of primary amides is 1. The van der Waals surface area contributed by atoms with Gasteiger partial charge in [-0.05, 0) is 35.7 Å². The zero-order chi connectivity index (χ0) is 22.4. The lowest BCUT2D eigenvalue weighted by atomic mass is 9.75. The van der Waals surface area contributed by atoms with Gasteiger partial charge >= 0.3 is 0 Å². The van der Waals surface area contributed by atoms with Gasteiger partial charge in [0.05, 0.1) is 17.5 Å². The maximum absolute atomic E-state index is 13.6. The maximum Gasteiger partial charge on any atom is 0.240 e. The van der Waals surface area contributed by atoms with Crippen molar-refractivity contribution < 1.29 is 14.3 Å². The minimum absolute atomic E-state index is 0.213. The van der Waals surface area contributed by atoms with E-state index in [2.05, 4.69) is 5.32 Å². The number of halogens is 1. The topological polar surface area (TPSA) is 81.4 Å². The van der Waals surface area contributed by atoms with Gasteiger partial charge in [0.1, 0.15) is 11.8 Å². The van der Waals surface area contributed by atoms with Crippen molar-refractivity contribution in [2.75, 3.05) is 7.11 Å². The predicted octanol–water partition coefficient (Wildman–Crippen LogP) is 3.87. The lowest BCUT2D eigenvalue weighted by molar-refractivity contribution is -0.129. The molecule has 0 heterocycles. The number of carbonyl (C=O) groups is 2. The maximum atomic E-state index is 13.6. The van der Waals surface area contributed by atoms with Crippen LogP contribution in [0.5, 0.6) is 5.75 Å². The fourth-order valence-electron chi connectivity index (χ4n) is 3.57. The van der Waals surface area contributed by atoms with Crippen molar-refractivity contribution in [3.8, 4) is 5.75 Å². The fraction of sp³-hybridized carbons (Fsp3) is 0.200. The standard InChI is InChI=1S/C25H25ClN2O3/c1-25(18-9-5-3-6-10-18,19-11-7-4-8-12-19)24(30)28-21(23(27)29)16-17-13-14-22(31-2)20(26)15-17/h3-15,21H,16H2,1-2H3,(H2,27,29)(H,28,30)/t21-/m1/s1. The molecule has 0 fully saturated rings. The number of carbonyl (C=O) groups excluding carboxylic acids is 2. The number of nitrogens with two attached hydrogens (primary N) is 1. The van der Waals surface area contributed by atoms with Crippen LogP contribution >= 0.6 is 11.6 Å². The van der Waals surface area contributed by atoms with Crippen LogP contribution in [0.25, 0.3) is 0 Å². The molecule has 0 spiro atoms. The molecule has 0 aliphatic rings. The molecule has 0 aliphatic carbocycles. The summed E-state index contributed by atoms with van der Waals surface area (Å²) in [6.07, 6.45) is 0.213. The van der Waals surface area contributed by atoms with E-state index in [9.17, 15) is 9.59 Å². The number of rotatable bonds is 8. The van der Waals surface area contributed by atoms with E-state index >= 15 is 0 Å². The minimum Gasteiger partial charge on any atom is -0.495 e. The summed E-state index contributed by atoms with van der Waals surface area (Å²) in [5.41, 5.74) is 7.02. The van der Waals surface area contributed by atoms with Crippen molar-refractivity contribution in [3.63, 3.8) is 0 Å². The molecule has 31 heavy (non-hydrogen) atoms. The molecule has 3 N–H and O–H groups in total. The SMILES string of the molecule is COc1ccc(C[C@@H](NC(=O)C(C)(c2ccccc2)c2ccccc2)C(N)=O)cc1Cl. The van der Waals surface area contributed by atoms with Crippen molar-refractivity contribution in [2.45, 2.75) is 24.8 Å². The molecule has 0 saturated heterocycles. The number of methoxy groups -OCH3 is 1. The first-order valence-corrected chi connectivity index (χ1v) is 10.3. The van der Waals surface area contributed by atoms with E-state index in [4.69, 9.17) is 22.1 Å². The normalized spacial score (nSPS) is 12.1. The summed E-state index contributed by atoms with van der Waals surface area (Å²) in [6, 6.07) is 23.2. The number of hydrogen-bond donors (Lipinski definition) is 2. The Kier molecular flexibility index (Phi) is 6.98. The van der Waals surface area contributed by atoms with Crippen LogP contribution in [0.2, 0.25) is 5.02 Å². The lowest BCUT2D eigenvalue weighted by Crippen LogP contribution is -2.52. The molecule has 160 valence electrons. The molecule has 0 radical (unpaired) electrons. The van der Waals surface area contributed by atoms with Crippen molar-refractivity contribution in [3.05, 3.63) is 101 Å². The molecule has 3 aromatic rings. The largest absolute Gasteiger partial charge is 0.495 e. The molecule has 2 amide bonds. The van der Waals surface area contributed by atoms with Gasteiger partial charge in [0.15, 0.2) is 0 Å². The summed E-state index contributed by atoms with van der Waals surface area (Å²) in [4.78, 5) is 25.8. The molecular weight excluding hydrogens is 412 g/mol. The number of ether oxygens (including phenoxy) is 1. The highest BCUT2D eigenvalue weighted by molar-refractivity contribution is 6.32. The highest BCUT2D eigenvalue weighted by atomic mass is 35.5. The second kappa shape index (κ2) is 9.67. The second-order valence-corrected chi connectivity index (χ2v) is 7.87. The summed E-state index contributed by atoms with van der Waals surface area (Å²) in [5.74, 6) is -0.400. The highest BCUT2D eigenvalue weighted by Crippen LogP contribution is 2.32. The van der Waals surface area contributed by atoms with E-state index < -0.39 is 17.4 Å². The zero-order valence-electron chi connectivity index (χ0n) is 17.5. The summed E-state index contributed by atoms with van der Waals surface area (Å²) in [6.45, 7) is 1.84. The molecule has 0 unspecified atom stereocenters. The van der Waals surface area contributed by atoms with Crippen LogP contribution in [0.15, 0.2) is 78.9 Å². The van der Waals surface area contributed by atoms with E-state index in [0.717, 1.165) is 16.7 Å². The molecule has 3 aromatic carbocycles. The van der Waals surface area contributed by atoms with Crippen LogP contribution in [-0.2, 0) is 21.4 Å². The second-order valence-electron chi connectivity index (χ2n) is 7.46. The number of hydrogen-bond acceptors (Lipinski definition) is 3. The Balaban J connectivity index is 1.92. The van der Waals surface area contributed by atoms with E-state index in [1.807, 2.05) is 67.6 Å². The molecule has 0 saturated carbocycles. The summed E-state index contributed by atoms with van der Waals surface area (Å²) >= 11 is 6.20. The fourth-order valence-corrected chi connectivity index (χ4v) is 3.85. The molecule has 6 heteroatoms. The molecular formula is C25H25ClN2O3. The summed E-state index contributed by atoms with van der Waals surface area (Å²) < 4.78 is 5.17. The highest BCUT2D eigenvalue weighted by Gasteiger charge is 2.38. The Morgan fingerprint density at radius 2 is 1.55 bits per heavy atom. The Bertz CT molecular complexity index is 1020. The van der Waals surface area contributed by atoms with Gasteiger partial charge in [-0.25, -0.2) is 0 Å². The third kappa shape index (κ3) is 4.89. The Morgan fingerprint density at radius 1 is 1.00 bits per heavy atom. The van der Waals surface area contributed by atoms with Gasteiger partial charge in [-0.15, -0.1) is 0 Å². The van der Waals surface area contributed by atoms with Crippen LogP contribution in [0.3, 0.4) is 0 Å².